The molecule has 2 rings (SSSR count). The van der Waals surface area contributed by atoms with Crippen LogP contribution < -0.4 is 5.73 Å². The molecule has 2 nitrogen and oxygen atoms in total. The minimum absolute atomic E-state index is 0.147. The number of nitrogens with zero attached hydrogens (tertiary/aromatic N) is 1. The summed E-state index contributed by atoms with van der Waals surface area (Å²) in [4.78, 5) is 0. The van der Waals surface area contributed by atoms with Crippen LogP contribution in [0.15, 0.2) is 12.1 Å². The third-order valence-corrected chi connectivity index (χ3v) is 3.58. The lowest BCUT2D eigenvalue weighted by atomic mass is 10.1. The fourth-order valence-corrected chi connectivity index (χ4v) is 2.82. The molecule has 80 valence electrons. The first kappa shape index (κ1) is 10.9. The van der Waals surface area contributed by atoms with E-state index in [9.17, 15) is 0 Å². The van der Waals surface area contributed by atoms with Crippen LogP contribution in [-0.4, -0.2) is 10.4 Å². The van der Waals surface area contributed by atoms with Gasteiger partial charge in [0, 0.05) is 16.5 Å². The van der Waals surface area contributed by atoms with Gasteiger partial charge in [-0.1, -0.05) is 11.6 Å². The number of fused-ring (bicyclic) bond motifs is 1. The molecule has 1 aromatic heterocycles. The van der Waals surface area contributed by atoms with Gasteiger partial charge in [0.1, 0.15) is 0 Å². The zero-order valence-electron chi connectivity index (χ0n) is 8.75. The SMILES string of the molecule is Cc1nsc2c(CC(C)N)cc(Cl)cc12. The van der Waals surface area contributed by atoms with Crippen LogP contribution in [0, 0.1) is 6.92 Å². The second-order valence-corrected chi connectivity index (χ2v) is 5.10. The minimum Gasteiger partial charge on any atom is -0.328 e. The first-order valence-electron chi connectivity index (χ1n) is 4.88. The van der Waals surface area contributed by atoms with Gasteiger partial charge < -0.3 is 5.73 Å². The second-order valence-electron chi connectivity index (χ2n) is 3.89. The third kappa shape index (κ3) is 2.14. The molecule has 0 spiro atoms. The van der Waals surface area contributed by atoms with Crippen LogP contribution in [0.4, 0.5) is 0 Å². The maximum absolute atomic E-state index is 6.07. The molecule has 0 amide bonds. The number of aromatic nitrogens is 1. The Morgan fingerprint density at radius 1 is 1.53 bits per heavy atom. The lowest BCUT2D eigenvalue weighted by Gasteiger charge is -2.06. The monoisotopic (exact) mass is 240 g/mol. The van der Waals surface area contributed by atoms with E-state index < -0.39 is 0 Å². The van der Waals surface area contributed by atoms with Crippen molar-refractivity contribution < 1.29 is 0 Å². The molecule has 1 heterocycles. The van der Waals surface area contributed by atoms with Gasteiger partial charge in [0.05, 0.1) is 10.4 Å². The van der Waals surface area contributed by atoms with Crippen molar-refractivity contribution in [3.63, 3.8) is 0 Å². The first-order valence-corrected chi connectivity index (χ1v) is 6.03. The Hall–Kier alpha value is -0.640. The van der Waals surface area contributed by atoms with Gasteiger partial charge in [-0.25, -0.2) is 0 Å². The van der Waals surface area contributed by atoms with Gasteiger partial charge in [0.15, 0.2) is 0 Å². The highest BCUT2D eigenvalue weighted by atomic mass is 35.5. The number of rotatable bonds is 2. The van der Waals surface area contributed by atoms with Gasteiger partial charge in [-0.3, -0.25) is 0 Å². The van der Waals surface area contributed by atoms with Crippen LogP contribution in [0.2, 0.25) is 5.02 Å². The fraction of sp³-hybridized carbons (Fsp3) is 0.364. The summed E-state index contributed by atoms with van der Waals surface area (Å²) in [7, 11) is 0. The summed E-state index contributed by atoms with van der Waals surface area (Å²) in [5, 5.41) is 1.92. The molecule has 0 saturated carbocycles. The van der Waals surface area contributed by atoms with Crippen molar-refractivity contribution in [2.75, 3.05) is 0 Å². The number of aryl methyl sites for hydroxylation is 1. The van der Waals surface area contributed by atoms with E-state index in [2.05, 4.69) is 4.37 Å². The molecule has 2 N–H and O–H groups in total. The van der Waals surface area contributed by atoms with Gasteiger partial charge in [-0.05, 0) is 49.5 Å². The largest absolute Gasteiger partial charge is 0.328 e. The maximum atomic E-state index is 6.07. The van der Waals surface area contributed by atoms with Gasteiger partial charge >= 0.3 is 0 Å². The van der Waals surface area contributed by atoms with Crippen LogP contribution in [0.5, 0.6) is 0 Å². The Morgan fingerprint density at radius 3 is 2.93 bits per heavy atom. The molecule has 0 fully saturated rings. The highest BCUT2D eigenvalue weighted by Gasteiger charge is 2.10. The van der Waals surface area contributed by atoms with Crippen molar-refractivity contribution in [1.82, 2.24) is 4.37 Å². The maximum Gasteiger partial charge on any atom is 0.0590 e. The lowest BCUT2D eigenvalue weighted by Crippen LogP contribution is -2.17. The average Bonchev–Trinajstić information content (AvgIpc) is 2.47. The predicted octanol–water partition coefficient (Wildman–Crippen LogP) is 3.15. The van der Waals surface area contributed by atoms with E-state index >= 15 is 0 Å². The van der Waals surface area contributed by atoms with Crippen molar-refractivity contribution in [3.8, 4) is 0 Å². The number of nitrogens with two attached hydrogens (primary N) is 1. The van der Waals surface area contributed by atoms with Crippen molar-refractivity contribution in [1.29, 1.82) is 0 Å². The van der Waals surface area contributed by atoms with Crippen LogP contribution >= 0.6 is 23.1 Å². The molecular formula is C11H13ClN2S. The molecule has 1 atom stereocenters. The van der Waals surface area contributed by atoms with Gasteiger partial charge in [-0.2, -0.15) is 4.37 Å². The van der Waals surface area contributed by atoms with Crippen molar-refractivity contribution in [2.45, 2.75) is 26.3 Å². The molecule has 1 unspecified atom stereocenters. The zero-order valence-corrected chi connectivity index (χ0v) is 10.3. The van der Waals surface area contributed by atoms with Gasteiger partial charge in [0.25, 0.3) is 0 Å². The Morgan fingerprint density at radius 2 is 2.27 bits per heavy atom. The van der Waals surface area contributed by atoms with E-state index in [0.29, 0.717) is 0 Å². The van der Waals surface area contributed by atoms with E-state index in [-0.39, 0.29) is 6.04 Å². The summed E-state index contributed by atoms with van der Waals surface area (Å²) in [6.07, 6.45) is 0.846. The summed E-state index contributed by atoms with van der Waals surface area (Å²) in [5.74, 6) is 0. The number of halogens is 1. The molecule has 0 aliphatic heterocycles. The average molecular weight is 241 g/mol. The van der Waals surface area contributed by atoms with E-state index in [1.165, 1.54) is 21.8 Å². The lowest BCUT2D eigenvalue weighted by molar-refractivity contribution is 0.742. The summed E-state index contributed by atoms with van der Waals surface area (Å²) >= 11 is 7.60. The van der Waals surface area contributed by atoms with E-state index in [0.717, 1.165) is 22.5 Å². The van der Waals surface area contributed by atoms with Crippen LogP contribution in [0.1, 0.15) is 18.2 Å². The van der Waals surface area contributed by atoms with Crippen LogP contribution in [0.3, 0.4) is 0 Å². The molecule has 0 saturated heterocycles. The van der Waals surface area contributed by atoms with E-state index in [1.807, 2.05) is 26.0 Å². The van der Waals surface area contributed by atoms with Crippen molar-refractivity contribution in [3.05, 3.63) is 28.4 Å². The van der Waals surface area contributed by atoms with Crippen LogP contribution in [0.25, 0.3) is 10.1 Å². The molecule has 0 radical (unpaired) electrons. The summed E-state index contributed by atoms with van der Waals surface area (Å²) < 4.78 is 5.56. The van der Waals surface area contributed by atoms with Crippen molar-refractivity contribution >= 4 is 33.2 Å². The minimum atomic E-state index is 0.147. The summed E-state index contributed by atoms with van der Waals surface area (Å²) in [5.41, 5.74) is 8.06. The third-order valence-electron chi connectivity index (χ3n) is 2.34. The van der Waals surface area contributed by atoms with Gasteiger partial charge in [0.2, 0.25) is 0 Å². The van der Waals surface area contributed by atoms with Gasteiger partial charge in [-0.15, -0.1) is 0 Å². The Balaban J connectivity index is 2.61. The van der Waals surface area contributed by atoms with E-state index in [4.69, 9.17) is 17.3 Å². The highest BCUT2D eigenvalue weighted by molar-refractivity contribution is 7.13. The zero-order chi connectivity index (χ0) is 11.0. The summed E-state index contributed by atoms with van der Waals surface area (Å²) in [6, 6.07) is 4.11. The molecule has 0 aliphatic carbocycles. The van der Waals surface area contributed by atoms with Crippen molar-refractivity contribution in [2.24, 2.45) is 5.73 Å². The molecule has 0 aliphatic rings. The predicted molar refractivity (Wildman–Crippen MR) is 66.7 cm³/mol. The number of hydrogen-bond acceptors (Lipinski definition) is 3. The quantitative estimate of drug-likeness (QED) is 0.876. The Labute approximate surface area is 98.2 Å². The van der Waals surface area contributed by atoms with E-state index in [1.54, 1.807) is 0 Å². The smallest absolute Gasteiger partial charge is 0.0590 e. The molecule has 1 aromatic carbocycles. The number of benzene rings is 1. The first-order chi connectivity index (χ1) is 7.08. The molecular weight excluding hydrogens is 228 g/mol. The molecule has 15 heavy (non-hydrogen) atoms. The Kier molecular flexibility index (Phi) is 2.96. The standard InChI is InChI=1S/C11H13ClN2S/c1-6(13)3-8-4-9(12)5-10-7(2)14-15-11(8)10/h4-6H,3,13H2,1-2H3. The topological polar surface area (TPSA) is 38.9 Å². The highest BCUT2D eigenvalue weighted by Crippen LogP contribution is 2.30. The summed E-state index contributed by atoms with van der Waals surface area (Å²) in [6.45, 7) is 4.01. The molecule has 4 heteroatoms. The normalized spacial score (nSPS) is 13.3. The second kappa shape index (κ2) is 4.08. The molecule has 2 aromatic rings. The molecule has 0 bridgehead atoms. The number of hydrogen-bond donors (Lipinski definition) is 1. The van der Waals surface area contributed by atoms with Crippen LogP contribution in [-0.2, 0) is 6.42 Å². The fourth-order valence-electron chi connectivity index (χ4n) is 1.69. The Bertz CT molecular complexity index is 491.